The van der Waals surface area contributed by atoms with Gasteiger partial charge in [-0.25, -0.2) is 13.5 Å². The predicted octanol–water partition coefficient (Wildman–Crippen LogP) is 1.77. The first-order chi connectivity index (χ1) is 13.5. The van der Waals surface area contributed by atoms with Crippen LogP contribution in [0.3, 0.4) is 0 Å². The molecule has 0 aliphatic carbocycles. The smallest absolute Gasteiger partial charge is 0.181 e. The SMILES string of the molecule is CS(=O)(=O)c1cccc(-c2ccc(CN3CCOCC3)cc2)c1-c1nnn[nH]1. The highest BCUT2D eigenvalue weighted by Crippen LogP contribution is 2.35. The molecule has 2 heterocycles. The summed E-state index contributed by atoms with van der Waals surface area (Å²) in [6, 6.07) is 13.3. The third-order valence-electron chi connectivity index (χ3n) is 4.78. The molecular formula is C19H21N5O3S. The van der Waals surface area contributed by atoms with E-state index >= 15 is 0 Å². The first-order valence-corrected chi connectivity index (χ1v) is 10.9. The third-order valence-corrected chi connectivity index (χ3v) is 5.92. The molecule has 1 aliphatic rings. The number of ether oxygens (including phenoxy) is 1. The molecule has 28 heavy (non-hydrogen) atoms. The van der Waals surface area contributed by atoms with Crippen molar-refractivity contribution in [3.63, 3.8) is 0 Å². The molecule has 0 spiro atoms. The Morgan fingerprint density at radius 2 is 1.86 bits per heavy atom. The molecular weight excluding hydrogens is 378 g/mol. The predicted molar refractivity (Wildman–Crippen MR) is 104 cm³/mol. The first kappa shape index (κ1) is 18.7. The largest absolute Gasteiger partial charge is 0.379 e. The minimum absolute atomic E-state index is 0.195. The summed E-state index contributed by atoms with van der Waals surface area (Å²) < 4.78 is 30.0. The van der Waals surface area contributed by atoms with Crippen molar-refractivity contribution in [2.75, 3.05) is 32.6 Å². The number of benzene rings is 2. The summed E-state index contributed by atoms with van der Waals surface area (Å²) in [7, 11) is -3.45. The van der Waals surface area contributed by atoms with Crippen molar-refractivity contribution in [1.82, 2.24) is 25.5 Å². The summed E-state index contributed by atoms with van der Waals surface area (Å²) >= 11 is 0. The number of morpholine rings is 1. The van der Waals surface area contributed by atoms with Crippen LogP contribution >= 0.6 is 0 Å². The monoisotopic (exact) mass is 399 g/mol. The van der Waals surface area contributed by atoms with Crippen LogP contribution < -0.4 is 0 Å². The quantitative estimate of drug-likeness (QED) is 0.698. The van der Waals surface area contributed by atoms with Gasteiger partial charge >= 0.3 is 0 Å². The number of hydrogen-bond acceptors (Lipinski definition) is 7. The van der Waals surface area contributed by atoms with Crippen LogP contribution in [0.2, 0.25) is 0 Å². The molecule has 3 aromatic rings. The fourth-order valence-electron chi connectivity index (χ4n) is 3.40. The number of H-pyrrole nitrogens is 1. The second-order valence-corrected chi connectivity index (χ2v) is 8.77. The van der Waals surface area contributed by atoms with Crippen LogP contribution in [0, 0.1) is 0 Å². The van der Waals surface area contributed by atoms with E-state index in [1.54, 1.807) is 12.1 Å². The molecule has 1 saturated heterocycles. The van der Waals surface area contributed by atoms with Crippen molar-refractivity contribution in [2.45, 2.75) is 11.4 Å². The molecule has 0 atom stereocenters. The molecule has 8 nitrogen and oxygen atoms in total. The van der Waals surface area contributed by atoms with E-state index in [0.29, 0.717) is 11.4 Å². The maximum atomic E-state index is 12.3. The molecule has 0 unspecified atom stereocenters. The van der Waals surface area contributed by atoms with Gasteiger partial charge in [0.2, 0.25) is 0 Å². The van der Waals surface area contributed by atoms with E-state index in [1.807, 2.05) is 18.2 Å². The van der Waals surface area contributed by atoms with Gasteiger partial charge in [0.05, 0.1) is 18.1 Å². The second kappa shape index (κ2) is 7.78. The minimum atomic E-state index is -3.45. The summed E-state index contributed by atoms with van der Waals surface area (Å²) in [5, 5.41) is 13.8. The normalized spacial score (nSPS) is 15.6. The van der Waals surface area contributed by atoms with Crippen LogP contribution in [0.15, 0.2) is 47.4 Å². The van der Waals surface area contributed by atoms with Crippen molar-refractivity contribution in [1.29, 1.82) is 0 Å². The topological polar surface area (TPSA) is 101 Å². The molecule has 0 saturated carbocycles. The molecule has 1 fully saturated rings. The molecule has 0 amide bonds. The number of nitrogens with one attached hydrogen (secondary N) is 1. The Bertz CT molecular complexity index is 1040. The summed E-state index contributed by atoms with van der Waals surface area (Å²) in [5.74, 6) is 0.327. The highest BCUT2D eigenvalue weighted by molar-refractivity contribution is 7.90. The Kier molecular flexibility index (Phi) is 5.21. The average Bonchev–Trinajstić information content (AvgIpc) is 3.23. The number of aromatic nitrogens is 4. The lowest BCUT2D eigenvalue weighted by atomic mass is 9.98. The molecule has 1 aliphatic heterocycles. The van der Waals surface area contributed by atoms with Gasteiger partial charge in [-0.2, -0.15) is 0 Å². The van der Waals surface area contributed by atoms with Gasteiger partial charge in [0.15, 0.2) is 15.7 Å². The van der Waals surface area contributed by atoms with Gasteiger partial charge in [0.25, 0.3) is 0 Å². The van der Waals surface area contributed by atoms with Gasteiger partial charge in [-0.15, -0.1) is 5.10 Å². The Hall–Kier alpha value is -2.62. The zero-order valence-electron chi connectivity index (χ0n) is 15.5. The summed E-state index contributed by atoms with van der Waals surface area (Å²) in [5.41, 5.74) is 3.35. The van der Waals surface area contributed by atoms with Crippen molar-refractivity contribution in [2.24, 2.45) is 0 Å². The standard InChI is InChI=1S/C19H21N5O3S/c1-28(25,26)17-4-2-3-16(18(17)19-20-22-23-21-19)15-7-5-14(6-8-15)13-24-9-11-27-12-10-24/h2-8H,9-13H2,1H3,(H,20,21,22,23). The Balaban J connectivity index is 1.71. The van der Waals surface area contributed by atoms with Gasteiger partial charge < -0.3 is 4.74 Å². The summed E-state index contributed by atoms with van der Waals surface area (Å²) in [6.45, 7) is 4.27. The van der Waals surface area contributed by atoms with Crippen molar-refractivity contribution in [3.05, 3.63) is 48.0 Å². The maximum Gasteiger partial charge on any atom is 0.181 e. The van der Waals surface area contributed by atoms with Crippen LogP contribution in [0.1, 0.15) is 5.56 Å². The van der Waals surface area contributed by atoms with Gasteiger partial charge in [-0.05, 0) is 33.2 Å². The fourth-order valence-corrected chi connectivity index (χ4v) is 4.30. The van der Waals surface area contributed by atoms with E-state index in [1.165, 1.54) is 11.8 Å². The zero-order chi connectivity index (χ0) is 19.6. The average molecular weight is 399 g/mol. The van der Waals surface area contributed by atoms with E-state index in [0.717, 1.165) is 44.0 Å². The lowest BCUT2D eigenvalue weighted by Crippen LogP contribution is -2.35. The summed E-state index contributed by atoms with van der Waals surface area (Å²) in [6.07, 6.45) is 1.19. The second-order valence-electron chi connectivity index (χ2n) is 6.79. The van der Waals surface area contributed by atoms with Crippen LogP contribution in [0.5, 0.6) is 0 Å². The van der Waals surface area contributed by atoms with Crippen LogP contribution in [0.25, 0.3) is 22.5 Å². The number of nitrogens with zero attached hydrogens (tertiary/aromatic N) is 4. The Morgan fingerprint density at radius 1 is 1.11 bits per heavy atom. The Morgan fingerprint density at radius 3 is 2.50 bits per heavy atom. The van der Waals surface area contributed by atoms with E-state index < -0.39 is 9.84 Å². The molecule has 146 valence electrons. The molecule has 2 aromatic carbocycles. The van der Waals surface area contributed by atoms with Gasteiger partial charge in [0, 0.05) is 31.5 Å². The minimum Gasteiger partial charge on any atom is -0.379 e. The van der Waals surface area contributed by atoms with Crippen LogP contribution in [0.4, 0.5) is 0 Å². The zero-order valence-corrected chi connectivity index (χ0v) is 16.3. The van der Waals surface area contributed by atoms with E-state index in [9.17, 15) is 8.42 Å². The van der Waals surface area contributed by atoms with Gasteiger partial charge in [-0.1, -0.05) is 36.4 Å². The fraction of sp³-hybridized carbons (Fsp3) is 0.316. The van der Waals surface area contributed by atoms with E-state index in [2.05, 4.69) is 37.7 Å². The molecule has 0 bridgehead atoms. The number of sulfone groups is 1. The van der Waals surface area contributed by atoms with E-state index in [4.69, 9.17) is 4.74 Å². The van der Waals surface area contributed by atoms with Crippen LogP contribution in [-0.4, -0.2) is 66.5 Å². The molecule has 0 radical (unpaired) electrons. The van der Waals surface area contributed by atoms with Crippen molar-refractivity contribution >= 4 is 9.84 Å². The maximum absolute atomic E-state index is 12.3. The highest BCUT2D eigenvalue weighted by Gasteiger charge is 2.21. The van der Waals surface area contributed by atoms with Crippen molar-refractivity contribution < 1.29 is 13.2 Å². The lowest BCUT2D eigenvalue weighted by Gasteiger charge is -2.26. The molecule has 1 N–H and O–H groups in total. The number of rotatable bonds is 5. The number of hydrogen-bond donors (Lipinski definition) is 1. The summed E-state index contributed by atoms with van der Waals surface area (Å²) in [4.78, 5) is 2.55. The van der Waals surface area contributed by atoms with Gasteiger partial charge in [0.1, 0.15) is 0 Å². The molecule has 1 aromatic heterocycles. The number of tetrazole rings is 1. The number of aromatic amines is 1. The third kappa shape index (κ3) is 3.96. The molecule has 9 heteroatoms. The molecule has 4 rings (SSSR count). The first-order valence-electron chi connectivity index (χ1n) is 8.99. The van der Waals surface area contributed by atoms with E-state index in [-0.39, 0.29) is 4.90 Å². The lowest BCUT2D eigenvalue weighted by molar-refractivity contribution is 0.0342. The van der Waals surface area contributed by atoms with Crippen molar-refractivity contribution in [3.8, 4) is 22.5 Å². The van der Waals surface area contributed by atoms with Gasteiger partial charge in [-0.3, -0.25) is 4.90 Å². The van der Waals surface area contributed by atoms with Crippen LogP contribution in [-0.2, 0) is 21.1 Å². The Labute approximate surface area is 163 Å². The highest BCUT2D eigenvalue weighted by atomic mass is 32.2.